The Morgan fingerprint density at radius 1 is 1.53 bits per heavy atom. The number of rotatable bonds is 6. The second kappa shape index (κ2) is 7.49. The van der Waals surface area contributed by atoms with E-state index < -0.39 is 0 Å². The second-order valence-corrected chi connectivity index (χ2v) is 3.85. The summed E-state index contributed by atoms with van der Waals surface area (Å²) in [7, 11) is 0. The van der Waals surface area contributed by atoms with Crippen LogP contribution in [0.5, 0.6) is 0 Å². The lowest BCUT2D eigenvalue weighted by molar-refractivity contribution is 0.844. The average molecular weight is 229 g/mol. The molecular weight excluding hydrogens is 210 g/mol. The number of allylic oxidation sites excluding steroid dienone is 3. The molecule has 1 aromatic heterocycles. The SMILES string of the molecule is C=N/C=C\C=C(/C)CCc1ccnc(CC)n1. The Bertz CT molecular complexity index is 419. The van der Waals surface area contributed by atoms with E-state index in [1.807, 2.05) is 18.3 Å². The molecule has 17 heavy (non-hydrogen) atoms. The fourth-order valence-corrected chi connectivity index (χ4v) is 1.43. The highest BCUT2D eigenvalue weighted by molar-refractivity contribution is 5.26. The van der Waals surface area contributed by atoms with Gasteiger partial charge in [-0.05, 0) is 38.6 Å². The first-order chi connectivity index (χ1) is 8.26. The number of aliphatic imine (C=N–C) groups is 1. The van der Waals surface area contributed by atoms with Crippen molar-refractivity contribution in [2.75, 3.05) is 0 Å². The molecular formula is C14H19N3. The molecule has 0 spiro atoms. The van der Waals surface area contributed by atoms with Gasteiger partial charge in [-0.1, -0.05) is 18.6 Å². The van der Waals surface area contributed by atoms with Gasteiger partial charge in [-0.25, -0.2) is 9.97 Å². The van der Waals surface area contributed by atoms with E-state index in [0.717, 1.165) is 30.8 Å². The van der Waals surface area contributed by atoms with Crippen LogP contribution in [0.1, 0.15) is 31.8 Å². The van der Waals surface area contributed by atoms with Gasteiger partial charge in [0.15, 0.2) is 0 Å². The van der Waals surface area contributed by atoms with E-state index in [1.54, 1.807) is 6.20 Å². The normalized spacial score (nSPS) is 12.0. The van der Waals surface area contributed by atoms with Gasteiger partial charge < -0.3 is 0 Å². The van der Waals surface area contributed by atoms with Crippen LogP contribution in [0.3, 0.4) is 0 Å². The maximum absolute atomic E-state index is 4.47. The van der Waals surface area contributed by atoms with Crippen molar-refractivity contribution in [3.63, 3.8) is 0 Å². The second-order valence-electron chi connectivity index (χ2n) is 3.85. The fraction of sp³-hybridized carbons (Fsp3) is 0.357. The number of hydrogen-bond donors (Lipinski definition) is 0. The minimum absolute atomic E-state index is 0.885. The maximum Gasteiger partial charge on any atom is 0.128 e. The molecule has 1 aromatic rings. The van der Waals surface area contributed by atoms with Crippen LogP contribution in [0, 0.1) is 0 Å². The summed E-state index contributed by atoms with van der Waals surface area (Å²) in [5.74, 6) is 0.917. The minimum Gasteiger partial charge on any atom is -0.273 e. The maximum atomic E-state index is 4.47. The summed E-state index contributed by atoms with van der Waals surface area (Å²) in [5, 5.41) is 0. The molecule has 90 valence electrons. The molecule has 0 bridgehead atoms. The lowest BCUT2D eigenvalue weighted by Crippen LogP contribution is -1.97. The molecule has 0 N–H and O–H groups in total. The lowest BCUT2D eigenvalue weighted by Gasteiger charge is -2.02. The van der Waals surface area contributed by atoms with Crippen molar-refractivity contribution in [3.05, 3.63) is 47.7 Å². The van der Waals surface area contributed by atoms with E-state index in [0.29, 0.717) is 0 Å². The third-order valence-corrected chi connectivity index (χ3v) is 2.43. The molecule has 1 heterocycles. The molecule has 3 nitrogen and oxygen atoms in total. The van der Waals surface area contributed by atoms with Gasteiger partial charge in [0.2, 0.25) is 0 Å². The van der Waals surface area contributed by atoms with E-state index in [9.17, 15) is 0 Å². The first-order valence-electron chi connectivity index (χ1n) is 5.85. The summed E-state index contributed by atoms with van der Waals surface area (Å²) in [6, 6.07) is 1.98. The van der Waals surface area contributed by atoms with Crippen LogP contribution in [-0.4, -0.2) is 16.7 Å². The number of aromatic nitrogens is 2. The van der Waals surface area contributed by atoms with Crippen LogP contribution in [-0.2, 0) is 12.8 Å². The van der Waals surface area contributed by atoms with Crippen LogP contribution >= 0.6 is 0 Å². The molecule has 3 heteroatoms. The summed E-state index contributed by atoms with van der Waals surface area (Å²) >= 11 is 0. The first-order valence-corrected chi connectivity index (χ1v) is 5.85. The Kier molecular flexibility index (Phi) is 5.86. The molecule has 0 unspecified atom stereocenters. The summed E-state index contributed by atoms with van der Waals surface area (Å²) < 4.78 is 0. The highest BCUT2D eigenvalue weighted by Gasteiger charge is 1.98. The van der Waals surface area contributed by atoms with Gasteiger partial charge in [0, 0.05) is 24.5 Å². The zero-order valence-corrected chi connectivity index (χ0v) is 10.6. The van der Waals surface area contributed by atoms with Crippen molar-refractivity contribution in [1.29, 1.82) is 0 Å². The molecule has 0 aromatic carbocycles. The number of aryl methyl sites for hydroxylation is 2. The van der Waals surface area contributed by atoms with Crippen molar-refractivity contribution in [2.24, 2.45) is 4.99 Å². The van der Waals surface area contributed by atoms with E-state index in [4.69, 9.17) is 0 Å². The molecule has 0 aliphatic rings. The van der Waals surface area contributed by atoms with Crippen molar-refractivity contribution >= 4 is 6.72 Å². The van der Waals surface area contributed by atoms with E-state index in [-0.39, 0.29) is 0 Å². The molecule has 0 saturated heterocycles. The van der Waals surface area contributed by atoms with Crippen molar-refractivity contribution in [1.82, 2.24) is 9.97 Å². The Balaban J connectivity index is 2.52. The topological polar surface area (TPSA) is 38.1 Å². The van der Waals surface area contributed by atoms with Crippen molar-refractivity contribution in [2.45, 2.75) is 33.1 Å². The van der Waals surface area contributed by atoms with E-state index >= 15 is 0 Å². The highest BCUT2D eigenvalue weighted by Crippen LogP contribution is 2.07. The Morgan fingerprint density at radius 2 is 2.35 bits per heavy atom. The summed E-state index contributed by atoms with van der Waals surface area (Å²) in [4.78, 5) is 12.3. The summed E-state index contributed by atoms with van der Waals surface area (Å²) in [6.45, 7) is 7.56. The summed E-state index contributed by atoms with van der Waals surface area (Å²) in [6.07, 6.45) is 10.3. The number of hydrogen-bond acceptors (Lipinski definition) is 3. The zero-order chi connectivity index (χ0) is 12.5. The minimum atomic E-state index is 0.885. The first kappa shape index (κ1) is 13.3. The summed E-state index contributed by atoms with van der Waals surface area (Å²) in [5.41, 5.74) is 2.41. The van der Waals surface area contributed by atoms with Crippen molar-refractivity contribution < 1.29 is 0 Å². The monoisotopic (exact) mass is 229 g/mol. The smallest absolute Gasteiger partial charge is 0.128 e. The molecule has 0 radical (unpaired) electrons. The molecule has 0 atom stereocenters. The van der Waals surface area contributed by atoms with Gasteiger partial charge in [-0.2, -0.15) is 0 Å². The van der Waals surface area contributed by atoms with Crippen LogP contribution in [0.4, 0.5) is 0 Å². The fourth-order valence-electron chi connectivity index (χ4n) is 1.43. The van der Waals surface area contributed by atoms with Gasteiger partial charge in [0.25, 0.3) is 0 Å². The molecule has 0 aliphatic carbocycles. The third-order valence-electron chi connectivity index (χ3n) is 2.43. The third kappa shape index (κ3) is 5.20. The van der Waals surface area contributed by atoms with E-state index in [1.165, 1.54) is 5.57 Å². The van der Waals surface area contributed by atoms with Gasteiger partial charge in [0.1, 0.15) is 5.82 Å². The van der Waals surface area contributed by atoms with Crippen molar-refractivity contribution in [3.8, 4) is 0 Å². The van der Waals surface area contributed by atoms with Gasteiger partial charge in [-0.3, -0.25) is 4.99 Å². The predicted molar refractivity (Wildman–Crippen MR) is 72.2 cm³/mol. The highest BCUT2D eigenvalue weighted by atomic mass is 14.9. The average Bonchev–Trinajstić information content (AvgIpc) is 2.37. The molecule has 0 aliphatic heterocycles. The molecule has 1 rings (SSSR count). The number of nitrogens with zero attached hydrogens (tertiary/aromatic N) is 3. The Morgan fingerprint density at radius 3 is 3.06 bits per heavy atom. The van der Waals surface area contributed by atoms with Gasteiger partial charge >= 0.3 is 0 Å². The molecule has 0 fully saturated rings. The van der Waals surface area contributed by atoms with Gasteiger partial charge in [0.05, 0.1) is 0 Å². The largest absolute Gasteiger partial charge is 0.273 e. The Hall–Kier alpha value is -1.77. The Labute approximate surface area is 103 Å². The molecule has 0 amide bonds. The standard InChI is InChI=1S/C14H19N3/c1-4-14-16-11-9-13(17-14)8-7-12(2)6-5-10-15-3/h5-6,9-11H,3-4,7-8H2,1-2H3/b10-5-,12-6+. The van der Waals surface area contributed by atoms with Gasteiger partial charge in [-0.15, -0.1) is 0 Å². The lowest BCUT2D eigenvalue weighted by atomic mass is 10.1. The zero-order valence-electron chi connectivity index (χ0n) is 10.6. The molecule has 0 saturated carbocycles. The van der Waals surface area contributed by atoms with Crippen LogP contribution in [0.15, 0.2) is 41.2 Å². The van der Waals surface area contributed by atoms with Crippen LogP contribution in [0.2, 0.25) is 0 Å². The van der Waals surface area contributed by atoms with Crippen LogP contribution in [0.25, 0.3) is 0 Å². The van der Waals surface area contributed by atoms with Crippen LogP contribution < -0.4 is 0 Å². The van der Waals surface area contributed by atoms with E-state index in [2.05, 4.69) is 41.6 Å². The predicted octanol–water partition coefficient (Wildman–Crippen LogP) is 3.13. The quantitative estimate of drug-likeness (QED) is 0.555.